The van der Waals surface area contributed by atoms with Crippen LogP contribution in [-0.4, -0.2) is 22.4 Å². The molecule has 0 aromatic rings. The van der Waals surface area contributed by atoms with E-state index in [0.29, 0.717) is 6.42 Å². The van der Waals surface area contributed by atoms with Crippen LogP contribution in [0.2, 0.25) is 0 Å². The Morgan fingerprint density at radius 2 is 2.00 bits per heavy atom. The summed E-state index contributed by atoms with van der Waals surface area (Å²) in [7, 11) is 0. The number of rotatable bonds is 4. The van der Waals surface area contributed by atoms with Crippen LogP contribution in [0.15, 0.2) is 12.2 Å². The van der Waals surface area contributed by atoms with Crippen LogP contribution in [0.25, 0.3) is 0 Å². The summed E-state index contributed by atoms with van der Waals surface area (Å²) < 4.78 is 0. The van der Waals surface area contributed by atoms with Crippen LogP contribution in [0.4, 0.5) is 0 Å². The van der Waals surface area contributed by atoms with Crippen LogP contribution < -0.4 is 0 Å². The lowest BCUT2D eigenvalue weighted by molar-refractivity contribution is 0.109. The molecule has 0 fully saturated rings. The van der Waals surface area contributed by atoms with Gasteiger partial charge in [-0.1, -0.05) is 13.5 Å². The molecule has 2 unspecified atom stereocenters. The van der Waals surface area contributed by atoms with E-state index in [1.54, 1.807) is 6.92 Å². The van der Waals surface area contributed by atoms with E-state index in [9.17, 15) is 5.11 Å². The number of aliphatic hydroxyl groups is 2. The number of aliphatic hydroxyl groups excluding tert-OH is 2. The second-order valence-electron chi connectivity index (χ2n) is 2.61. The first-order valence-electron chi connectivity index (χ1n) is 3.61. The zero-order valence-electron chi connectivity index (χ0n) is 6.67. The fourth-order valence-corrected chi connectivity index (χ4v) is 0.725. The van der Waals surface area contributed by atoms with Crippen molar-refractivity contribution in [3.8, 4) is 0 Å². The van der Waals surface area contributed by atoms with Crippen LogP contribution in [0.1, 0.15) is 26.7 Å². The molecule has 0 aliphatic carbocycles. The van der Waals surface area contributed by atoms with Crippen molar-refractivity contribution in [2.75, 3.05) is 0 Å². The van der Waals surface area contributed by atoms with E-state index >= 15 is 0 Å². The SMILES string of the molecule is C=C(CC)C(O)CC(C)O. The lowest BCUT2D eigenvalue weighted by Gasteiger charge is -2.13. The Morgan fingerprint density at radius 3 is 2.30 bits per heavy atom. The van der Waals surface area contributed by atoms with Gasteiger partial charge < -0.3 is 10.2 Å². The van der Waals surface area contributed by atoms with Gasteiger partial charge in [-0.15, -0.1) is 0 Å². The molecule has 60 valence electrons. The molecule has 0 radical (unpaired) electrons. The predicted octanol–water partition coefficient (Wildman–Crippen LogP) is 1.08. The lowest BCUT2D eigenvalue weighted by Crippen LogP contribution is -2.16. The summed E-state index contributed by atoms with van der Waals surface area (Å²) in [5.41, 5.74) is 0.793. The maximum Gasteiger partial charge on any atom is 0.0771 e. The maximum atomic E-state index is 9.23. The van der Waals surface area contributed by atoms with Crippen LogP contribution in [0.3, 0.4) is 0 Å². The average molecular weight is 144 g/mol. The zero-order chi connectivity index (χ0) is 8.15. The normalized spacial score (nSPS) is 16.4. The smallest absolute Gasteiger partial charge is 0.0771 e. The highest BCUT2D eigenvalue weighted by atomic mass is 16.3. The van der Waals surface area contributed by atoms with E-state index in [1.807, 2.05) is 6.92 Å². The fraction of sp³-hybridized carbons (Fsp3) is 0.750. The summed E-state index contributed by atoms with van der Waals surface area (Å²) in [5.74, 6) is 0. The van der Waals surface area contributed by atoms with E-state index in [0.717, 1.165) is 12.0 Å². The van der Waals surface area contributed by atoms with Gasteiger partial charge >= 0.3 is 0 Å². The van der Waals surface area contributed by atoms with E-state index in [2.05, 4.69) is 6.58 Å². The molecule has 0 aromatic heterocycles. The molecular weight excluding hydrogens is 128 g/mol. The third-order valence-corrected chi connectivity index (χ3v) is 1.49. The zero-order valence-corrected chi connectivity index (χ0v) is 6.67. The molecule has 2 nitrogen and oxygen atoms in total. The van der Waals surface area contributed by atoms with E-state index < -0.39 is 12.2 Å². The summed E-state index contributed by atoms with van der Waals surface area (Å²) in [6.07, 6.45) is 0.184. The molecular formula is C8H16O2. The monoisotopic (exact) mass is 144 g/mol. The topological polar surface area (TPSA) is 40.5 Å². The molecule has 0 rings (SSSR count). The van der Waals surface area contributed by atoms with Crippen molar-refractivity contribution in [1.82, 2.24) is 0 Å². The molecule has 0 aliphatic rings. The van der Waals surface area contributed by atoms with Crippen molar-refractivity contribution in [2.24, 2.45) is 0 Å². The number of hydrogen-bond donors (Lipinski definition) is 2. The standard InChI is InChI=1S/C8H16O2/c1-4-6(2)8(10)5-7(3)9/h7-10H,2,4-5H2,1,3H3. The molecule has 0 saturated heterocycles. The molecule has 0 heterocycles. The van der Waals surface area contributed by atoms with Crippen molar-refractivity contribution in [3.05, 3.63) is 12.2 Å². The molecule has 10 heavy (non-hydrogen) atoms. The molecule has 0 saturated carbocycles. The van der Waals surface area contributed by atoms with Crippen LogP contribution in [-0.2, 0) is 0 Å². The van der Waals surface area contributed by atoms with E-state index in [-0.39, 0.29) is 0 Å². The van der Waals surface area contributed by atoms with Crippen LogP contribution >= 0.6 is 0 Å². The quantitative estimate of drug-likeness (QED) is 0.580. The highest BCUT2D eigenvalue weighted by Crippen LogP contribution is 2.09. The third kappa shape index (κ3) is 3.64. The third-order valence-electron chi connectivity index (χ3n) is 1.49. The van der Waals surface area contributed by atoms with Gasteiger partial charge in [-0.25, -0.2) is 0 Å². The largest absolute Gasteiger partial charge is 0.393 e. The predicted molar refractivity (Wildman–Crippen MR) is 41.7 cm³/mol. The maximum absolute atomic E-state index is 9.23. The van der Waals surface area contributed by atoms with Gasteiger partial charge in [-0.05, 0) is 18.9 Å². The first kappa shape index (κ1) is 9.66. The van der Waals surface area contributed by atoms with Gasteiger partial charge in [0.1, 0.15) is 0 Å². The minimum absolute atomic E-state index is 0.396. The minimum Gasteiger partial charge on any atom is -0.393 e. The van der Waals surface area contributed by atoms with Gasteiger partial charge in [0.2, 0.25) is 0 Å². The summed E-state index contributed by atoms with van der Waals surface area (Å²) >= 11 is 0. The Hall–Kier alpha value is -0.340. The molecule has 0 bridgehead atoms. The highest BCUT2D eigenvalue weighted by molar-refractivity contribution is 5.00. The Balaban J connectivity index is 3.61. The molecule has 0 aliphatic heterocycles. The summed E-state index contributed by atoms with van der Waals surface area (Å²) in [4.78, 5) is 0. The lowest BCUT2D eigenvalue weighted by atomic mass is 10.0. The molecule has 0 amide bonds. The van der Waals surface area contributed by atoms with E-state index in [4.69, 9.17) is 5.11 Å². The first-order chi connectivity index (χ1) is 4.57. The second-order valence-corrected chi connectivity index (χ2v) is 2.61. The molecule has 0 aromatic carbocycles. The van der Waals surface area contributed by atoms with E-state index in [1.165, 1.54) is 0 Å². The Kier molecular flexibility index (Phi) is 4.32. The summed E-state index contributed by atoms with van der Waals surface area (Å²) in [5, 5.41) is 18.1. The molecule has 2 heteroatoms. The summed E-state index contributed by atoms with van der Waals surface area (Å²) in [6, 6.07) is 0. The Labute approximate surface area is 62.2 Å². The Bertz CT molecular complexity index is 108. The van der Waals surface area contributed by atoms with Crippen LogP contribution in [0, 0.1) is 0 Å². The average Bonchev–Trinajstić information content (AvgIpc) is 1.85. The van der Waals surface area contributed by atoms with Crippen molar-refractivity contribution in [1.29, 1.82) is 0 Å². The van der Waals surface area contributed by atoms with Gasteiger partial charge in [0.15, 0.2) is 0 Å². The van der Waals surface area contributed by atoms with Crippen LogP contribution in [0.5, 0.6) is 0 Å². The van der Waals surface area contributed by atoms with Crippen molar-refractivity contribution in [2.45, 2.75) is 38.9 Å². The number of hydrogen-bond acceptors (Lipinski definition) is 2. The second kappa shape index (κ2) is 4.47. The molecule has 2 N–H and O–H groups in total. The highest BCUT2D eigenvalue weighted by Gasteiger charge is 2.09. The Morgan fingerprint density at radius 1 is 1.50 bits per heavy atom. The minimum atomic E-state index is -0.537. The van der Waals surface area contributed by atoms with Gasteiger partial charge in [-0.2, -0.15) is 0 Å². The van der Waals surface area contributed by atoms with Crippen molar-refractivity contribution in [3.63, 3.8) is 0 Å². The molecule has 0 spiro atoms. The van der Waals surface area contributed by atoms with Crippen molar-refractivity contribution < 1.29 is 10.2 Å². The van der Waals surface area contributed by atoms with Crippen molar-refractivity contribution >= 4 is 0 Å². The summed E-state index contributed by atoms with van der Waals surface area (Å²) in [6.45, 7) is 7.26. The molecule has 2 atom stereocenters. The van der Waals surface area contributed by atoms with Gasteiger partial charge in [-0.3, -0.25) is 0 Å². The van der Waals surface area contributed by atoms with Gasteiger partial charge in [0.05, 0.1) is 12.2 Å². The van der Waals surface area contributed by atoms with Gasteiger partial charge in [0, 0.05) is 6.42 Å². The first-order valence-corrected chi connectivity index (χ1v) is 3.61. The fourth-order valence-electron chi connectivity index (χ4n) is 0.725. The van der Waals surface area contributed by atoms with Gasteiger partial charge in [0.25, 0.3) is 0 Å².